The van der Waals surface area contributed by atoms with E-state index in [-0.39, 0.29) is 11.7 Å². The smallest absolute Gasteiger partial charge is 0.252 e. The Hall–Kier alpha value is -3.77. The summed E-state index contributed by atoms with van der Waals surface area (Å²) in [5.74, 6) is -0.364. The summed E-state index contributed by atoms with van der Waals surface area (Å²) in [6.07, 6.45) is 0.903. The molecule has 0 aliphatic carbocycles. The summed E-state index contributed by atoms with van der Waals surface area (Å²) in [5, 5.41) is 3.91. The van der Waals surface area contributed by atoms with Crippen molar-refractivity contribution in [2.75, 3.05) is 44.2 Å². The minimum atomic E-state index is -0.277. The van der Waals surface area contributed by atoms with Crippen LogP contribution in [0.1, 0.15) is 22.5 Å². The van der Waals surface area contributed by atoms with E-state index in [1.165, 1.54) is 17.8 Å². The molecule has 1 amide bonds. The Morgan fingerprint density at radius 1 is 0.944 bits per heavy atom. The van der Waals surface area contributed by atoms with Crippen LogP contribution in [0.3, 0.4) is 0 Å². The number of nitrogens with zero attached hydrogens (tertiary/aromatic N) is 3. The van der Waals surface area contributed by atoms with E-state index < -0.39 is 0 Å². The average molecular weight is 483 g/mol. The summed E-state index contributed by atoms with van der Waals surface area (Å²) in [5.41, 5.74) is 5.20. The number of amides is 1. The second-order valence-electron chi connectivity index (χ2n) is 9.29. The summed E-state index contributed by atoms with van der Waals surface area (Å²) in [7, 11) is 0. The van der Waals surface area contributed by atoms with Gasteiger partial charge in [0.25, 0.3) is 5.91 Å². The van der Waals surface area contributed by atoms with Gasteiger partial charge in [0, 0.05) is 55.1 Å². The zero-order chi connectivity index (χ0) is 24.9. The number of hydrogen-bond acceptors (Lipinski definition) is 4. The molecule has 0 unspecified atom stereocenters. The number of anilines is 1. The Morgan fingerprint density at radius 3 is 2.44 bits per heavy atom. The number of nitrogens with one attached hydrogen (secondary N) is 1. The molecule has 1 fully saturated rings. The standard InChI is InChI=1S/C30H31FN4O/c1-22-21-28(27-10-5-9-26(29(27)33-22)23-11-13-24(31)14-12-23)30(36)32-15-6-16-34-17-19-35(20-18-34)25-7-3-2-4-8-25/h2-5,7-14,21H,6,15-20H2,1H3,(H,32,36). The SMILES string of the molecule is Cc1cc(C(=O)NCCCN2CCN(c3ccccc3)CC2)c2cccc(-c3ccc(F)cc3)c2n1. The van der Waals surface area contributed by atoms with Gasteiger partial charge in [-0.2, -0.15) is 0 Å². The van der Waals surface area contributed by atoms with Crippen molar-refractivity contribution in [3.63, 3.8) is 0 Å². The molecular weight excluding hydrogens is 451 g/mol. The number of hydrogen-bond donors (Lipinski definition) is 1. The highest BCUT2D eigenvalue weighted by atomic mass is 19.1. The maximum Gasteiger partial charge on any atom is 0.252 e. The number of fused-ring (bicyclic) bond motifs is 1. The number of carbonyl (C=O) groups excluding carboxylic acids is 1. The van der Waals surface area contributed by atoms with Crippen LogP contribution >= 0.6 is 0 Å². The van der Waals surface area contributed by atoms with Gasteiger partial charge in [-0.15, -0.1) is 0 Å². The van der Waals surface area contributed by atoms with Gasteiger partial charge >= 0.3 is 0 Å². The first-order chi connectivity index (χ1) is 17.6. The number of rotatable bonds is 7. The number of aromatic nitrogens is 1. The Labute approximate surface area is 211 Å². The molecule has 4 aromatic rings. The lowest BCUT2D eigenvalue weighted by Gasteiger charge is -2.36. The van der Waals surface area contributed by atoms with Crippen LogP contribution in [0.4, 0.5) is 10.1 Å². The summed E-state index contributed by atoms with van der Waals surface area (Å²) < 4.78 is 13.4. The number of piperazine rings is 1. The van der Waals surface area contributed by atoms with Gasteiger partial charge in [0.1, 0.15) is 5.82 Å². The van der Waals surface area contributed by atoms with E-state index in [0.29, 0.717) is 12.1 Å². The summed E-state index contributed by atoms with van der Waals surface area (Å²) in [6, 6.07) is 24.6. The number of pyridine rings is 1. The molecule has 184 valence electrons. The molecule has 36 heavy (non-hydrogen) atoms. The highest BCUT2D eigenvalue weighted by molar-refractivity contribution is 6.09. The van der Waals surface area contributed by atoms with Crippen molar-refractivity contribution < 1.29 is 9.18 Å². The Balaban J connectivity index is 1.19. The number of halogens is 1. The molecule has 5 rings (SSSR count). The van der Waals surface area contributed by atoms with Crippen LogP contribution < -0.4 is 10.2 Å². The van der Waals surface area contributed by atoms with Gasteiger partial charge in [0.15, 0.2) is 0 Å². The number of aryl methyl sites for hydroxylation is 1. The molecule has 1 aromatic heterocycles. The van der Waals surface area contributed by atoms with Crippen LogP contribution in [-0.4, -0.2) is 55.1 Å². The fourth-order valence-corrected chi connectivity index (χ4v) is 4.90. The van der Waals surface area contributed by atoms with Crippen LogP contribution in [0.5, 0.6) is 0 Å². The fourth-order valence-electron chi connectivity index (χ4n) is 4.90. The van der Waals surface area contributed by atoms with Crippen molar-refractivity contribution in [1.82, 2.24) is 15.2 Å². The quantitative estimate of drug-likeness (QED) is 0.364. The van der Waals surface area contributed by atoms with E-state index in [9.17, 15) is 9.18 Å². The van der Waals surface area contributed by atoms with Gasteiger partial charge in [-0.05, 0) is 55.8 Å². The predicted molar refractivity (Wildman–Crippen MR) is 144 cm³/mol. The zero-order valence-electron chi connectivity index (χ0n) is 20.6. The predicted octanol–water partition coefficient (Wildman–Crippen LogP) is 5.29. The third-order valence-corrected chi connectivity index (χ3v) is 6.80. The summed E-state index contributed by atoms with van der Waals surface area (Å²) in [4.78, 5) is 22.8. The second kappa shape index (κ2) is 10.9. The summed E-state index contributed by atoms with van der Waals surface area (Å²) >= 11 is 0. The normalized spacial score (nSPS) is 14.2. The molecule has 0 atom stereocenters. The van der Waals surface area contributed by atoms with Crippen molar-refractivity contribution in [2.45, 2.75) is 13.3 Å². The van der Waals surface area contributed by atoms with Gasteiger partial charge in [-0.3, -0.25) is 14.7 Å². The number of carbonyl (C=O) groups is 1. The molecule has 1 N–H and O–H groups in total. The van der Waals surface area contributed by atoms with Crippen LogP contribution in [-0.2, 0) is 0 Å². The van der Waals surface area contributed by atoms with Gasteiger partial charge < -0.3 is 10.2 Å². The molecule has 0 saturated carbocycles. The molecule has 1 aliphatic heterocycles. The molecule has 0 spiro atoms. The Bertz CT molecular complexity index is 1330. The third-order valence-electron chi connectivity index (χ3n) is 6.80. The van der Waals surface area contributed by atoms with Gasteiger partial charge in [0.2, 0.25) is 0 Å². The first kappa shape index (κ1) is 23.9. The van der Waals surface area contributed by atoms with Gasteiger partial charge in [-0.25, -0.2) is 4.39 Å². The molecule has 6 heteroatoms. The maximum atomic E-state index is 13.4. The van der Waals surface area contributed by atoms with Crippen molar-refractivity contribution in [2.24, 2.45) is 0 Å². The monoisotopic (exact) mass is 482 g/mol. The van der Waals surface area contributed by atoms with E-state index >= 15 is 0 Å². The Morgan fingerprint density at radius 2 is 1.69 bits per heavy atom. The molecule has 1 saturated heterocycles. The Kier molecular flexibility index (Phi) is 7.23. The summed E-state index contributed by atoms with van der Waals surface area (Å²) in [6.45, 7) is 7.59. The van der Waals surface area contributed by atoms with Crippen LogP contribution in [0.15, 0.2) is 78.9 Å². The van der Waals surface area contributed by atoms with Crippen molar-refractivity contribution in [3.05, 3.63) is 95.9 Å². The van der Waals surface area contributed by atoms with E-state index in [1.807, 2.05) is 31.2 Å². The van der Waals surface area contributed by atoms with Gasteiger partial charge in [0.05, 0.1) is 11.1 Å². The highest BCUT2D eigenvalue weighted by Gasteiger charge is 2.18. The first-order valence-corrected chi connectivity index (χ1v) is 12.6. The maximum absolute atomic E-state index is 13.4. The van der Waals surface area contributed by atoms with E-state index in [2.05, 4.69) is 45.4 Å². The van der Waals surface area contributed by atoms with E-state index in [0.717, 1.165) is 66.9 Å². The highest BCUT2D eigenvalue weighted by Crippen LogP contribution is 2.30. The van der Waals surface area contributed by atoms with Crippen molar-refractivity contribution in [3.8, 4) is 11.1 Å². The second-order valence-corrected chi connectivity index (χ2v) is 9.29. The van der Waals surface area contributed by atoms with E-state index in [1.54, 1.807) is 12.1 Å². The molecule has 0 radical (unpaired) electrons. The number of benzene rings is 3. The lowest BCUT2D eigenvalue weighted by molar-refractivity contribution is 0.0953. The minimum absolute atomic E-state index is 0.0874. The number of para-hydroxylation sites is 2. The molecule has 5 nitrogen and oxygen atoms in total. The first-order valence-electron chi connectivity index (χ1n) is 12.6. The topological polar surface area (TPSA) is 48.5 Å². The third kappa shape index (κ3) is 5.39. The van der Waals surface area contributed by atoms with Crippen LogP contribution in [0, 0.1) is 12.7 Å². The average Bonchev–Trinajstić information content (AvgIpc) is 2.91. The van der Waals surface area contributed by atoms with Crippen LogP contribution in [0.25, 0.3) is 22.0 Å². The zero-order valence-corrected chi connectivity index (χ0v) is 20.6. The largest absolute Gasteiger partial charge is 0.369 e. The molecule has 3 aromatic carbocycles. The van der Waals surface area contributed by atoms with Crippen molar-refractivity contribution in [1.29, 1.82) is 0 Å². The minimum Gasteiger partial charge on any atom is -0.369 e. The fraction of sp³-hybridized carbons (Fsp3) is 0.267. The van der Waals surface area contributed by atoms with E-state index in [4.69, 9.17) is 4.98 Å². The molecule has 0 bridgehead atoms. The van der Waals surface area contributed by atoms with Gasteiger partial charge in [-0.1, -0.05) is 48.5 Å². The van der Waals surface area contributed by atoms with Crippen LogP contribution in [0.2, 0.25) is 0 Å². The molecule has 2 heterocycles. The lowest BCUT2D eigenvalue weighted by atomic mass is 9.98. The van der Waals surface area contributed by atoms with Crippen molar-refractivity contribution >= 4 is 22.5 Å². The molecule has 1 aliphatic rings. The lowest BCUT2D eigenvalue weighted by Crippen LogP contribution is -2.47. The molecular formula is C30H31FN4O.